The summed E-state index contributed by atoms with van der Waals surface area (Å²) in [5.41, 5.74) is 1.17. The van der Waals surface area contributed by atoms with E-state index in [1.54, 1.807) is 0 Å². The van der Waals surface area contributed by atoms with Gasteiger partial charge in [-0.3, -0.25) is 0 Å². The van der Waals surface area contributed by atoms with Crippen molar-refractivity contribution in [2.24, 2.45) is 11.8 Å². The summed E-state index contributed by atoms with van der Waals surface area (Å²) in [5.74, 6) is 0.518. The van der Waals surface area contributed by atoms with E-state index < -0.39 is 23.3 Å². The molecule has 3 nitrogen and oxygen atoms in total. The van der Waals surface area contributed by atoms with Gasteiger partial charge >= 0.3 is 137 Å². The first-order chi connectivity index (χ1) is 9.76. The first-order valence-corrected chi connectivity index (χ1v) is 17.9. The molecule has 2 rings (SSSR count). The zero-order valence-corrected chi connectivity index (χ0v) is 18.1. The van der Waals surface area contributed by atoms with Gasteiger partial charge in [-0.2, -0.15) is 0 Å². The molecular weight excluding hydrogens is 464 g/mol. The molecular formula is C15H21ClHgO3. The van der Waals surface area contributed by atoms with Crippen molar-refractivity contribution in [1.29, 1.82) is 0 Å². The second kappa shape index (κ2) is 8.69. The van der Waals surface area contributed by atoms with Crippen LogP contribution in [0.2, 0.25) is 3.93 Å². The van der Waals surface area contributed by atoms with Crippen LogP contribution in [0.5, 0.6) is 0 Å². The SMILES string of the molecule is C[C@@H]1CO[C@H]([C@@H](CO)[CH2][Hg][Cl])[C@H]1OCc1ccccc1. The van der Waals surface area contributed by atoms with Gasteiger partial charge in [0.2, 0.25) is 0 Å². The molecule has 5 heteroatoms. The fourth-order valence-corrected chi connectivity index (χ4v) is 8.24. The molecule has 1 fully saturated rings. The van der Waals surface area contributed by atoms with Gasteiger partial charge < -0.3 is 0 Å². The molecule has 0 unspecified atom stereocenters. The third-order valence-corrected chi connectivity index (χ3v) is 9.55. The van der Waals surface area contributed by atoms with Crippen LogP contribution in [0.1, 0.15) is 12.5 Å². The fraction of sp³-hybridized carbons (Fsp3) is 0.600. The van der Waals surface area contributed by atoms with Crippen molar-refractivity contribution < 1.29 is 37.9 Å². The van der Waals surface area contributed by atoms with Crippen molar-refractivity contribution in [3.8, 4) is 0 Å². The average molecular weight is 485 g/mol. The number of hydrogen-bond donors (Lipinski definition) is 1. The van der Waals surface area contributed by atoms with Gasteiger partial charge in [-0.25, -0.2) is 0 Å². The van der Waals surface area contributed by atoms with E-state index in [1.165, 1.54) is 5.56 Å². The Hall–Kier alpha value is 0.325. The van der Waals surface area contributed by atoms with Crippen LogP contribution >= 0.6 is 8.25 Å². The van der Waals surface area contributed by atoms with Crippen LogP contribution in [-0.4, -0.2) is 30.5 Å². The molecule has 0 spiro atoms. The summed E-state index contributed by atoms with van der Waals surface area (Å²) < 4.78 is 12.9. The molecule has 0 aromatic heterocycles. The van der Waals surface area contributed by atoms with E-state index in [2.05, 4.69) is 19.1 Å². The van der Waals surface area contributed by atoms with E-state index in [4.69, 9.17) is 17.7 Å². The van der Waals surface area contributed by atoms with Crippen LogP contribution in [0, 0.1) is 11.8 Å². The van der Waals surface area contributed by atoms with Gasteiger partial charge in [-0.1, -0.05) is 0 Å². The summed E-state index contributed by atoms with van der Waals surface area (Å²) in [6, 6.07) is 10.2. The van der Waals surface area contributed by atoms with E-state index in [0.29, 0.717) is 19.1 Å². The Morgan fingerprint density at radius 3 is 2.85 bits per heavy atom. The van der Waals surface area contributed by atoms with E-state index in [0.717, 1.165) is 3.93 Å². The van der Waals surface area contributed by atoms with E-state index >= 15 is 0 Å². The fourth-order valence-electron chi connectivity index (χ4n) is 2.71. The molecule has 1 heterocycles. The monoisotopic (exact) mass is 486 g/mol. The number of rotatable bonds is 7. The van der Waals surface area contributed by atoms with Crippen molar-refractivity contribution in [2.75, 3.05) is 13.2 Å². The standard InChI is InChI=1S/C15H21O3.ClH.Hg/c1-11(8-16)14-15(12(2)9-17-14)18-10-13-6-4-3-5-7-13;;/h3-7,11-12,14-16H,1,8-10H2,2H3;1H;/q;;+1/p-1/t11-,12-,14-,15+;;/m1../s1. The summed E-state index contributed by atoms with van der Waals surface area (Å²) in [7, 11) is 6.03. The molecule has 0 amide bonds. The Labute approximate surface area is 136 Å². The summed E-state index contributed by atoms with van der Waals surface area (Å²) in [6.07, 6.45) is 0.0569. The van der Waals surface area contributed by atoms with Gasteiger partial charge in [-0.15, -0.1) is 0 Å². The number of ether oxygens (including phenoxy) is 2. The summed E-state index contributed by atoms with van der Waals surface area (Å²) in [6.45, 7) is 3.60. The molecule has 1 aliphatic heterocycles. The molecule has 1 aromatic carbocycles. The maximum absolute atomic E-state index is 9.55. The molecule has 20 heavy (non-hydrogen) atoms. The molecule has 0 radical (unpaired) electrons. The first kappa shape index (κ1) is 16.7. The van der Waals surface area contributed by atoms with Gasteiger partial charge in [0.15, 0.2) is 0 Å². The van der Waals surface area contributed by atoms with Crippen LogP contribution < -0.4 is 0 Å². The molecule has 1 aliphatic rings. The van der Waals surface area contributed by atoms with E-state index in [-0.39, 0.29) is 24.7 Å². The Morgan fingerprint density at radius 1 is 1.45 bits per heavy atom. The van der Waals surface area contributed by atoms with Gasteiger partial charge in [0.1, 0.15) is 0 Å². The Morgan fingerprint density at radius 2 is 2.20 bits per heavy atom. The van der Waals surface area contributed by atoms with Gasteiger partial charge in [-0.05, 0) is 0 Å². The second-order valence-corrected chi connectivity index (χ2v) is 12.5. The number of aliphatic hydroxyl groups is 1. The van der Waals surface area contributed by atoms with Crippen LogP contribution in [0.15, 0.2) is 30.3 Å². The summed E-state index contributed by atoms with van der Waals surface area (Å²) in [5, 5.41) is 9.55. The summed E-state index contributed by atoms with van der Waals surface area (Å²) >= 11 is -1.29. The molecule has 1 N–H and O–H groups in total. The maximum atomic E-state index is 9.55. The average Bonchev–Trinajstić information content (AvgIpc) is 2.84. The normalized spacial score (nSPS) is 27.2. The third kappa shape index (κ3) is 4.41. The topological polar surface area (TPSA) is 38.7 Å². The number of halogens is 1. The molecule has 4 atom stereocenters. The second-order valence-electron chi connectivity index (χ2n) is 5.46. The van der Waals surface area contributed by atoms with Crippen molar-refractivity contribution in [1.82, 2.24) is 0 Å². The van der Waals surface area contributed by atoms with Gasteiger partial charge in [0.05, 0.1) is 0 Å². The predicted molar refractivity (Wildman–Crippen MR) is 75.2 cm³/mol. The van der Waals surface area contributed by atoms with E-state index in [1.807, 2.05) is 18.2 Å². The minimum atomic E-state index is -1.29. The third-order valence-electron chi connectivity index (χ3n) is 3.90. The van der Waals surface area contributed by atoms with Crippen LogP contribution in [-0.2, 0) is 39.4 Å². The van der Waals surface area contributed by atoms with Gasteiger partial charge in [0.25, 0.3) is 0 Å². The molecule has 1 saturated heterocycles. The minimum absolute atomic E-state index is 0.00235. The van der Waals surface area contributed by atoms with Crippen molar-refractivity contribution >= 4 is 8.25 Å². The Balaban J connectivity index is 1.96. The number of benzene rings is 1. The van der Waals surface area contributed by atoms with E-state index in [9.17, 15) is 5.11 Å². The van der Waals surface area contributed by atoms with Crippen molar-refractivity contribution in [3.05, 3.63) is 35.9 Å². The molecule has 0 bridgehead atoms. The molecule has 0 aliphatic carbocycles. The Bertz CT molecular complexity index is 390. The summed E-state index contributed by atoms with van der Waals surface area (Å²) in [4.78, 5) is 0. The molecule has 1 aromatic rings. The van der Waals surface area contributed by atoms with Crippen LogP contribution in [0.4, 0.5) is 0 Å². The van der Waals surface area contributed by atoms with Crippen LogP contribution in [0.3, 0.4) is 0 Å². The molecule has 108 valence electrons. The Kier molecular flexibility index (Phi) is 7.25. The molecule has 0 saturated carbocycles. The quantitative estimate of drug-likeness (QED) is 0.604. The van der Waals surface area contributed by atoms with Crippen molar-refractivity contribution in [3.63, 3.8) is 0 Å². The van der Waals surface area contributed by atoms with Crippen LogP contribution in [0.25, 0.3) is 0 Å². The zero-order valence-electron chi connectivity index (χ0n) is 11.9. The number of aliphatic hydroxyl groups excluding tert-OH is 1. The van der Waals surface area contributed by atoms with Gasteiger partial charge in [0, 0.05) is 0 Å². The number of hydrogen-bond acceptors (Lipinski definition) is 3. The van der Waals surface area contributed by atoms with Crippen molar-refractivity contribution in [2.45, 2.75) is 29.7 Å². The predicted octanol–water partition coefficient (Wildman–Crippen LogP) is 2.87. The first-order valence-electron chi connectivity index (χ1n) is 7.20. The zero-order chi connectivity index (χ0) is 14.4.